The van der Waals surface area contributed by atoms with Gasteiger partial charge in [0.25, 0.3) is 0 Å². The van der Waals surface area contributed by atoms with Gasteiger partial charge in [0.2, 0.25) is 0 Å². The van der Waals surface area contributed by atoms with Crippen LogP contribution in [-0.2, 0) is 6.42 Å². The molecule has 0 fully saturated rings. The molecular formula is C11H13FO. The minimum Gasteiger partial charge on any atom is -0.392 e. The first-order valence-corrected chi connectivity index (χ1v) is 4.24. The quantitative estimate of drug-likeness (QED) is 0.708. The van der Waals surface area contributed by atoms with Crippen LogP contribution < -0.4 is 0 Å². The third-order valence-corrected chi connectivity index (χ3v) is 1.87. The number of allylic oxidation sites excluding steroid dienone is 1. The van der Waals surface area contributed by atoms with E-state index in [9.17, 15) is 4.39 Å². The van der Waals surface area contributed by atoms with E-state index in [2.05, 4.69) is 0 Å². The smallest absolute Gasteiger partial charge is 0.126 e. The molecule has 0 aromatic heterocycles. The van der Waals surface area contributed by atoms with E-state index in [0.29, 0.717) is 12.0 Å². The standard InChI is InChI=1S/C11H13FO/c1-9(6-7-13)8-10-4-2-3-5-11(10)12/h2-6,13H,7-8H2,1H3/b9-6+. The number of hydrogen-bond acceptors (Lipinski definition) is 1. The van der Waals surface area contributed by atoms with E-state index in [1.54, 1.807) is 18.2 Å². The van der Waals surface area contributed by atoms with E-state index in [0.717, 1.165) is 5.57 Å². The van der Waals surface area contributed by atoms with Gasteiger partial charge in [-0.1, -0.05) is 29.8 Å². The Morgan fingerprint density at radius 1 is 1.46 bits per heavy atom. The zero-order chi connectivity index (χ0) is 9.68. The number of aliphatic hydroxyl groups excluding tert-OH is 1. The van der Waals surface area contributed by atoms with Gasteiger partial charge in [-0.05, 0) is 25.0 Å². The van der Waals surface area contributed by atoms with E-state index in [1.807, 2.05) is 13.0 Å². The van der Waals surface area contributed by atoms with Gasteiger partial charge in [-0.3, -0.25) is 0 Å². The third kappa shape index (κ3) is 2.99. The summed E-state index contributed by atoms with van der Waals surface area (Å²) >= 11 is 0. The average Bonchev–Trinajstić information content (AvgIpc) is 2.09. The number of rotatable bonds is 3. The molecule has 0 aliphatic carbocycles. The fourth-order valence-electron chi connectivity index (χ4n) is 1.17. The fraction of sp³-hybridized carbons (Fsp3) is 0.273. The molecule has 2 heteroatoms. The lowest BCUT2D eigenvalue weighted by atomic mass is 10.1. The highest BCUT2D eigenvalue weighted by Crippen LogP contribution is 2.11. The van der Waals surface area contributed by atoms with Gasteiger partial charge in [-0.25, -0.2) is 4.39 Å². The number of hydrogen-bond donors (Lipinski definition) is 1. The number of halogens is 1. The van der Waals surface area contributed by atoms with Crippen LogP contribution in [0.3, 0.4) is 0 Å². The summed E-state index contributed by atoms with van der Waals surface area (Å²) in [5, 5.41) is 8.61. The van der Waals surface area contributed by atoms with Crippen LogP contribution in [0, 0.1) is 5.82 Å². The number of benzene rings is 1. The second-order valence-electron chi connectivity index (χ2n) is 3.00. The van der Waals surface area contributed by atoms with Crippen LogP contribution in [0.25, 0.3) is 0 Å². The van der Waals surface area contributed by atoms with Crippen LogP contribution in [0.1, 0.15) is 12.5 Å². The molecule has 0 atom stereocenters. The van der Waals surface area contributed by atoms with Crippen molar-refractivity contribution in [2.24, 2.45) is 0 Å². The highest BCUT2D eigenvalue weighted by Gasteiger charge is 2.00. The summed E-state index contributed by atoms with van der Waals surface area (Å²) in [6.07, 6.45) is 2.25. The molecule has 0 amide bonds. The van der Waals surface area contributed by atoms with Gasteiger partial charge >= 0.3 is 0 Å². The Labute approximate surface area is 77.5 Å². The molecule has 0 bridgehead atoms. The molecule has 0 saturated carbocycles. The van der Waals surface area contributed by atoms with Crippen molar-refractivity contribution in [1.82, 2.24) is 0 Å². The predicted octanol–water partition coefficient (Wildman–Crippen LogP) is 2.31. The normalized spacial score (nSPS) is 11.8. The Morgan fingerprint density at radius 3 is 2.77 bits per heavy atom. The zero-order valence-electron chi connectivity index (χ0n) is 7.63. The summed E-state index contributed by atoms with van der Waals surface area (Å²) < 4.78 is 13.1. The lowest BCUT2D eigenvalue weighted by Gasteiger charge is -2.02. The molecule has 0 aliphatic heterocycles. The molecule has 1 aromatic carbocycles. The highest BCUT2D eigenvalue weighted by molar-refractivity contribution is 5.22. The first-order chi connectivity index (χ1) is 6.24. The molecule has 1 aromatic rings. The van der Waals surface area contributed by atoms with Crippen LogP contribution in [-0.4, -0.2) is 11.7 Å². The Morgan fingerprint density at radius 2 is 2.15 bits per heavy atom. The van der Waals surface area contributed by atoms with E-state index in [4.69, 9.17) is 5.11 Å². The molecule has 0 spiro atoms. The van der Waals surface area contributed by atoms with Crippen molar-refractivity contribution in [2.75, 3.05) is 6.61 Å². The lowest BCUT2D eigenvalue weighted by Crippen LogP contribution is -1.92. The molecule has 13 heavy (non-hydrogen) atoms. The van der Waals surface area contributed by atoms with Gasteiger partial charge in [-0.2, -0.15) is 0 Å². The minimum atomic E-state index is -0.187. The Bertz CT molecular complexity index is 305. The molecular weight excluding hydrogens is 167 g/mol. The molecule has 0 heterocycles. The average molecular weight is 180 g/mol. The summed E-state index contributed by atoms with van der Waals surface area (Å²) in [5.74, 6) is -0.187. The van der Waals surface area contributed by atoms with E-state index >= 15 is 0 Å². The van der Waals surface area contributed by atoms with Crippen LogP contribution in [0.5, 0.6) is 0 Å². The second-order valence-corrected chi connectivity index (χ2v) is 3.00. The van der Waals surface area contributed by atoms with Crippen molar-refractivity contribution >= 4 is 0 Å². The molecule has 1 nitrogen and oxygen atoms in total. The molecule has 1 rings (SSSR count). The van der Waals surface area contributed by atoms with Crippen molar-refractivity contribution in [3.8, 4) is 0 Å². The summed E-state index contributed by atoms with van der Waals surface area (Å²) in [6, 6.07) is 6.68. The fourth-order valence-corrected chi connectivity index (χ4v) is 1.17. The highest BCUT2D eigenvalue weighted by atomic mass is 19.1. The van der Waals surface area contributed by atoms with Crippen LogP contribution in [0.2, 0.25) is 0 Å². The molecule has 0 unspecified atom stereocenters. The summed E-state index contributed by atoms with van der Waals surface area (Å²) in [6.45, 7) is 1.89. The largest absolute Gasteiger partial charge is 0.392 e. The van der Waals surface area contributed by atoms with Crippen LogP contribution in [0.15, 0.2) is 35.9 Å². The molecule has 0 saturated heterocycles. The van der Waals surface area contributed by atoms with Gasteiger partial charge in [0.15, 0.2) is 0 Å². The van der Waals surface area contributed by atoms with Crippen molar-refractivity contribution in [3.63, 3.8) is 0 Å². The number of aliphatic hydroxyl groups is 1. The van der Waals surface area contributed by atoms with Gasteiger partial charge in [0.1, 0.15) is 5.82 Å². The van der Waals surface area contributed by atoms with Crippen LogP contribution in [0.4, 0.5) is 4.39 Å². The predicted molar refractivity (Wildman–Crippen MR) is 50.9 cm³/mol. The van der Waals surface area contributed by atoms with Crippen molar-refractivity contribution in [2.45, 2.75) is 13.3 Å². The second kappa shape index (κ2) is 4.77. The van der Waals surface area contributed by atoms with E-state index in [-0.39, 0.29) is 12.4 Å². The van der Waals surface area contributed by atoms with Gasteiger partial charge in [-0.15, -0.1) is 0 Å². The Hall–Kier alpha value is -1.15. The monoisotopic (exact) mass is 180 g/mol. The van der Waals surface area contributed by atoms with E-state index in [1.165, 1.54) is 6.07 Å². The first kappa shape index (κ1) is 9.93. The van der Waals surface area contributed by atoms with Gasteiger partial charge in [0, 0.05) is 0 Å². The molecule has 70 valence electrons. The summed E-state index contributed by atoms with van der Waals surface area (Å²) in [4.78, 5) is 0. The topological polar surface area (TPSA) is 20.2 Å². The summed E-state index contributed by atoms with van der Waals surface area (Å²) in [7, 11) is 0. The Balaban J connectivity index is 2.74. The zero-order valence-corrected chi connectivity index (χ0v) is 7.63. The lowest BCUT2D eigenvalue weighted by molar-refractivity contribution is 0.341. The van der Waals surface area contributed by atoms with E-state index < -0.39 is 0 Å². The third-order valence-electron chi connectivity index (χ3n) is 1.87. The molecule has 1 N–H and O–H groups in total. The van der Waals surface area contributed by atoms with Gasteiger partial charge < -0.3 is 5.11 Å². The minimum absolute atomic E-state index is 0.0142. The Kier molecular flexibility index (Phi) is 3.65. The molecule has 0 radical (unpaired) electrons. The van der Waals surface area contributed by atoms with Crippen molar-refractivity contribution in [1.29, 1.82) is 0 Å². The maximum atomic E-state index is 13.1. The van der Waals surface area contributed by atoms with Crippen LogP contribution >= 0.6 is 0 Å². The molecule has 0 aliphatic rings. The first-order valence-electron chi connectivity index (χ1n) is 4.24. The summed E-state index contributed by atoms with van der Waals surface area (Å²) in [5.41, 5.74) is 1.65. The SMILES string of the molecule is C/C(=C\CO)Cc1ccccc1F. The van der Waals surface area contributed by atoms with Crippen molar-refractivity contribution < 1.29 is 9.50 Å². The van der Waals surface area contributed by atoms with Crippen molar-refractivity contribution in [3.05, 3.63) is 47.3 Å². The maximum Gasteiger partial charge on any atom is 0.126 e. The maximum absolute atomic E-state index is 13.1. The van der Waals surface area contributed by atoms with Gasteiger partial charge in [0.05, 0.1) is 6.61 Å².